The summed E-state index contributed by atoms with van der Waals surface area (Å²) in [5.74, 6) is 0.497. The Morgan fingerprint density at radius 1 is 0.833 bits per heavy atom. The van der Waals surface area contributed by atoms with Gasteiger partial charge in [0.1, 0.15) is 5.54 Å². The largest absolute Gasteiger partial charge is 0.356 e. The predicted octanol–water partition coefficient (Wildman–Crippen LogP) is 7.62. The normalized spacial score (nSPS) is 14.7. The number of rotatable bonds is 10. The molecule has 4 nitrogen and oxygen atoms in total. The minimum atomic E-state index is -0.546. The van der Waals surface area contributed by atoms with Crippen molar-refractivity contribution in [1.82, 2.24) is 14.9 Å². The Morgan fingerprint density at radius 2 is 1.40 bits per heavy atom. The second-order valence-corrected chi connectivity index (χ2v) is 11.6. The minimum Gasteiger partial charge on any atom is -0.356 e. The Labute approximate surface area is 253 Å². The van der Waals surface area contributed by atoms with Crippen molar-refractivity contribution in [1.29, 1.82) is 0 Å². The van der Waals surface area contributed by atoms with Gasteiger partial charge in [0, 0.05) is 23.7 Å². The fraction of sp³-hybridized carbons (Fsp3) is 0.243. The summed E-state index contributed by atoms with van der Waals surface area (Å²) in [5, 5.41) is 3.94. The lowest BCUT2D eigenvalue weighted by Crippen LogP contribution is -2.39. The molecule has 42 heavy (non-hydrogen) atoms. The summed E-state index contributed by atoms with van der Waals surface area (Å²) < 4.78 is 2.41. The third-order valence-corrected chi connectivity index (χ3v) is 8.78. The molecule has 1 atom stereocenters. The first-order chi connectivity index (χ1) is 20.6. The van der Waals surface area contributed by atoms with Crippen LogP contribution in [0.4, 0.5) is 0 Å². The van der Waals surface area contributed by atoms with Crippen molar-refractivity contribution in [3.05, 3.63) is 160 Å². The van der Waals surface area contributed by atoms with Crippen molar-refractivity contribution in [2.24, 2.45) is 5.92 Å². The SMILES string of the molecule is O=C(CCCc1ccc(Cl)cc1)NCC1CCc2c(ncn2C(c2ccccc2)(c2ccccc2)c2ccccc2)C1. The van der Waals surface area contributed by atoms with Crippen LogP contribution in [0.1, 0.15) is 52.9 Å². The number of imidazole rings is 1. The van der Waals surface area contributed by atoms with Crippen molar-refractivity contribution in [3.8, 4) is 0 Å². The molecule has 5 aromatic rings. The highest BCUT2D eigenvalue weighted by Gasteiger charge is 2.41. The maximum Gasteiger partial charge on any atom is 0.220 e. The van der Waals surface area contributed by atoms with E-state index in [9.17, 15) is 4.79 Å². The molecular weight excluding hydrogens is 538 g/mol. The number of fused-ring (bicyclic) bond motifs is 1. The van der Waals surface area contributed by atoms with Gasteiger partial charge in [0.25, 0.3) is 0 Å². The van der Waals surface area contributed by atoms with Crippen LogP contribution in [0.25, 0.3) is 0 Å². The lowest BCUT2D eigenvalue weighted by atomic mass is 9.76. The number of hydrogen-bond acceptors (Lipinski definition) is 2. The average molecular weight is 574 g/mol. The average Bonchev–Trinajstić information content (AvgIpc) is 3.46. The zero-order valence-corrected chi connectivity index (χ0v) is 24.5. The number of halogens is 1. The van der Waals surface area contributed by atoms with Gasteiger partial charge >= 0.3 is 0 Å². The Kier molecular flexibility index (Phi) is 8.52. The highest BCUT2D eigenvalue weighted by molar-refractivity contribution is 6.30. The highest BCUT2D eigenvalue weighted by atomic mass is 35.5. The van der Waals surface area contributed by atoms with E-state index >= 15 is 0 Å². The van der Waals surface area contributed by atoms with E-state index in [0.717, 1.165) is 42.8 Å². The van der Waals surface area contributed by atoms with Crippen LogP contribution in [0.15, 0.2) is 122 Å². The van der Waals surface area contributed by atoms with Crippen LogP contribution < -0.4 is 5.32 Å². The van der Waals surface area contributed by atoms with Gasteiger partial charge < -0.3 is 9.88 Å². The summed E-state index contributed by atoms with van der Waals surface area (Å²) in [6, 6.07) is 40.1. The Morgan fingerprint density at radius 3 is 1.98 bits per heavy atom. The molecule has 1 heterocycles. The first-order valence-corrected chi connectivity index (χ1v) is 15.3. The van der Waals surface area contributed by atoms with Crippen molar-refractivity contribution < 1.29 is 4.79 Å². The molecule has 0 spiro atoms. The fourth-order valence-electron chi connectivity index (χ4n) is 6.43. The van der Waals surface area contributed by atoms with E-state index in [0.29, 0.717) is 18.9 Å². The van der Waals surface area contributed by atoms with Crippen molar-refractivity contribution in [2.45, 2.75) is 44.1 Å². The summed E-state index contributed by atoms with van der Waals surface area (Å²) in [4.78, 5) is 17.6. The first-order valence-electron chi connectivity index (χ1n) is 14.9. The van der Waals surface area contributed by atoms with E-state index in [-0.39, 0.29) is 5.91 Å². The lowest BCUT2D eigenvalue weighted by Gasteiger charge is -2.39. The monoisotopic (exact) mass is 573 g/mol. The molecule has 1 aliphatic rings. The van der Waals surface area contributed by atoms with Crippen LogP contribution in [0, 0.1) is 5.92 Å². The van der Waals surface area contributed by atoms with Gasteiger partial charge in [-0.05, 0) is 72.4 Å². The van der Waals surface area contributed by atoms with E-state index < -0.39 is 5.54 Å². The number of hydrogen-bond donors (Lipinski definition) is 1. The molecule has 0 saturated heterocycles. The third-order valence-electron chi connectivity index (χ3n) is 8.53. The number of nitrogens with zero attached hydrogens (tertiary/aromatic N) is 2. The highest BCUT2D eigenvalue weighted by Crippen LogP contribution is 2.43. The molecule has 212 valence electrons. The number of carbonyl (C=O) groups excluding carboxylic acids is 1. The second kappa shape index (κ2) is 12.8. The number of amides is 1. The summed E-state index contributed by atoms with van der Waals surface area (Å²) >= 11 is 5.98. The molecule has 1 aromatic heterocycles. The minimum absolute atomic E-state index is 0.122. The zero-order valence-electron chi connectivity index (χ0n) is 23.8. The van der Waals surface area contributed by atoms with Gasteiger partial charge in [0.15, 0.2) is 0 Å². The van der Waals surface area contributed by atoms with Crippen LogP contribution >= 0.6 is 11.6 Å². The van der Waals surface area contributed by atoms with E-state index in [2.05, 4.69) is 101 Å². The van der Waals surface area contributed by atoms with Gasteiger partial charge in [-0.3, -0.25) is 4.79 Å². The number of benzene rings is 4. The fourth-order valence-corrected chi connectivity index (χ4v) is 6.56. The topological polar surface area (TPSA) is 46.9 Å². The van der Waals surface area contributed by atoms with Crippen LogP contribution in [0.5, 0.6) is 0 Å². The summed E-state index contributed by atoms with van der Waals surface area (Å²) in [5.41, 5.74) is 6.68. The van der Waals surface area contributed by atoms with Gasteiger partial charge in [0.05, 0.1) is 12.0 Å². The molecule has 6 rings (SSSR count). The molecular formula is C37H36ClN3O. The van der Waals surface area contributed by atoms with Gasteiger partial charge in [-0.1, -0.05) is 115 Å². The molecule has 5 heteroatoms. The van der Waals surface area contributed by atoms with Crippen LogP contribution in [0.2, 0.25) is 5.02 Å². The lowest BCUT2D eigenvalue weighted by molar-refractivity contribution is -0.121. The van der Waals surface area contributed by atoms with Crippen LogP contribution in [-0.4, -0.2) is 22.0 Å². The molecule has 0 fully saturated rings. The van der Waals surface area contributed by atoms with Gasteiger partial charge in [-0.2, -0.15) is 0 Å². The van der Waals surface area contributed by atoms with Crippen molar-refractivity contribution in [2.75, 3.05) is 6.54 Å². The van der Waals surface area contributed by atoms with Crippen molar-refractivity contribution >= 4 is 17.5 Å². The van der Waals surface area contributed by atoms with Gasteiger partial charge in [-0.15, -0.1) is 0 Å². The summed E-state index contributed by atoms with van der Waals surface area (Å²) in [7, 11) is 0. The molecule has 0 bridgehead atoms. The van der Waals surface area contributed by atoms with Crippen LogP contribution in [-0.2, 0) is 29.6 Å². The maximum atomic E-state index is 12.6. The molecule has 1 aliphatic carbocycles. The summed E-state index contributed by atoms with van der Waals surface area (Å²) in [6.07, 6.45) is 7.06. The molecule has 0 aliphatic heterocycles. The van der Waals surface area contributed by atoms with Crippen molar-refractivity contribution in [3.63, 3.8) is 0 Å². The first kappa shape index (κ1) is 28.0. The quantitative estimate of drug-likeness (QED) is 0.175. The smallest absolute Gasteiger partial charge is 0.220 e. The molecule has 0 radical (unpaired) electrons. The zero-order chi connectivity index (χ0) is 28.8. The molecule has 1 unspecified atom stereocenters. The van der Waals surface area contributed by atoms with Gasteiger partial charge in [-0.25, -0.2) is 4.98 Å². The Balaban J connectivity index is 1.21. The van der Waals surface area contributed by atoms with E-state index in [1.807, 2.05) is 30.6 Å². The Hall–Kier alpha value is -4.15. The predicted molar refractivity (Wildman–Crippen MR) is 170 cm³/mol. The van der Waals surface area contributed by atoms with Crippen LogP contribution in [0.3, 0.4) is 0 Å². The number of carbonyl (C=O) groups is 1. The molecule has 1 amide bonds. The van der Waals surface area contributed by atoms with Gasteiger partial charge in [0.2, 0.25) is 5.91 Å². The number of aryl methyl sites for hydroxylation is 1. The number of aromatic nitrogens is 2. The molecule has 0 saturated carbocycles. The van der Waals surface area contributed by atoms with E-state index in [1.165, 1.54) is 27.9 Å². The second-order valence-electron chi connectivity index (χ2n) is 11.2. The molecule has 4 aromatic carbocycles. The van der Waals surface area contributed by atoms with E-state index in [4.69, 9.17) is 16.6 Å². The molecule has 1 N–H and O–H groups in total. The summed E-state index contributed by atoms with van der Waals surface area (Å²) in [6.45, 7) is 0.688. The Bertz CT molecular complexity index is 1500. The third kappa shape index (κ3) is 5.77. The maximum absolute atomic E-state index is 12.6. The standard InChI is InChI=1S/C37H36ClN3O/c38-33-22-19-28(20-23-33)11-10-18-36(42)39-26-29-21-24-35-34(25-29)40-27-41(35)37(30-12-4-1-5-13-30,31-14-6-2-7-15-31)32-16-8-3-9-17-32/h1-9,12-17,19-20,22-23,27,29H,10-11,18,21,24-26H2,(H,39,42). The number of nitrogens with one attached hydrogen (secondary N) is 1. The van der Waals surface area contributed by atoms with E-state index in [1.54, 1.807) is 0 Å².